The smallest absolute Gasteiger partial charge is 0.233 e. The van der Waals surface area contributed by atoms with Crippen LogP contribution < -0.4 is 15.1 Å². The molecule has 38 heavy (non-hydrogen) atoms. The van der Waals surface area contributed by atoms with Gasteiger partial charge in [-0.25, -0.2) is 15.0 Å². The number of Topliss-reactive ketones (excluding diaryl/α,β-unsaturated/α-hetero) is 1. The fourth-order valence-electron chi connectivity index (χ4n) is 4.58. The summed E-state index contributed by atoms with van der Waals surface area (Å²) in [6.45, 7) is 10.9. The number of hydroxylamine groups is 2. The van der Waals surface area contributed by atoms with E-state index in [1.807, 2.05) is 52.0 Å². The van der Waals surface area contributed by atoms with Gasteiger partial charge in [-0.05, 0) is 42.2 Å². The third-order valence-electron chi connectivity index (χ3n) is 6.85. The molecule has 0 radical (unpaired) electrons. The fourth-order valence-corrected chi connectivity index (χ4v) is 4.58. The minimum Gasteiger partial charge on any atom is -0.368 e. The molecule has 0 saturated carbocycles. The maximum absolute atomic E-state index is 13.6. The summed E-state index contributed by atoms with van der Waals surface area (Å²) in [6.07, 6.45) is 5.93. The Morgan fingerprint density at radius 2 is 1.68 bits per heavy atom. The first-order valence-corrected chi connectivity index (χ1v) is 13.3. The highest BCUT2D eigenvalue weighted by Gasteiger charge is 2.35. The van der Waals surface area contributed by atoms with Crippen LogP contribution in [0.5, 0.6) is 0 Å². The zero-order valence-corrected chi connectivity index (χ0v) is 22.8. The van der Waals surface area contributed by atoms with Gasteiger partial charge in [0.05, 0.1) is 18.5 Å². The zero-order chi connectivity index (χ0) is 27.7. The summed E-state index contributed by atoms with van der Waals surface area (Å²) in [4.78, 5) is 50.7. The van der Waals surface area contributed by atoms with Crippen LogP contribution in [0.15, 0.2) is 42.7 Å². The lowest BCUT2D eigenvalue weighted by atomic mass is 9.81. The molecule has 3 rings (SSSR count). The number of nitrogens with one attached hydrogen (secondary N) is 1. The van der Waals surface area contributed by atoms with Gasteiger partial charge >= 0.3 is 0 Å². The van der Waals surface area contributed by atoms with Crippen molar-refractivity contribution < 1.29 is 19.6 Å². The molecule has 1 aromatic carbocycles. The van der Waals surface area contributed by atoms with E-state index in [-0.39, 0.29) is 24.6 Å². The quantitative estimate of drug-likeness (QED) is 0.188. The van der Waals surface area contributed by atoms with E-state index < -0.39 is 17.4 Å². The van der Waals surface area contributed by atoms with Crippen molar-refractivity contribution in [2.75, 3.05) is 42.5 Å². The number of benzene rings is 1. The van der Waals surface area contributed by atoms with Crippen LogP contribution >= 0.6 is 0 Å². The zero-order valence-electron chi connectivity index (χ0n) is 22.8. The van der Waals surface area contributed by atoms with Crippen LogP contribution in [-0.2, 0) is 9.59 Å². The van der Waals surface area contributed by atoms with E-state index in [2.05, 4.69) is 25.1 Å². The van der Waals surface area contributed by atoms with Crippen LogP contribution in [0, 0.1) is 11.3 Å². The highest BCUT2D eigenvalue weighted by Crippen LogP contribution is 2.26. The minimum absolute atomic E-state index is 0.112. The van der Waals surface area contributed by atoms with Gasteiger partial charge in [-0.1, -0.05) is 40.5 Å². The lowest BCUT2D eigenvalue weighted by Crippen LogP contribution is -2.52. The molecule has 0 spiro atoms. The molecule has 10 nitrogen and oxygen atoms in total. The Morgan fingerprint density at radius 3 is 2.24 bits per heavy atom. The molecule has 2 aromatic rings. The van der Waals surface area contributed by atoms with Crippen molar-refractivity contribution in [1.82, 2.24) is 20.3 Å². The molecule has 206 valence electrons. The summed E-state index contributed by atoms with van der Waals surface area (Å²) < 4.78 is 0. The number of carbonyl (C=O) groups excluding carboxylic acids is 3. The molecule has 1 fully saturated rings. The number of nitrogens with zero attached hydrogens (tertiary/aromatic N) is 5. The Kier molecular flexibility index (Phi) is 10.2. The maximum Gasteiger partial charge on any atom is 0.233 e. The highest BCUT2D eigenvalue weighted by molar-refractivity contribution is 6.02. The molecule has 2 atom stereocenters. The summed E-state index contributed by atoms with van der Waals surface area (Å²) in [5, 5.41) is 13.1. The Labute approximate surface area is 225 Å². The minimum atomic E-state index is -0.761. The monoisotopic (exact) mass is 524 g/mol. The Bertz CT molecular complexity index is 1050. The summed E-state index contributed by atoms with van der Waals surface area (Å²) in [6, 6.07) is 8.56. The predicted octanol–water partition coefficient (Wildman–Crippen LogP) is 3.17. The third-order valence-corrected chi connectivity index (χ3v) is 6.85. The van der Waals surface area contributed by atoms with Crippen molar-refractivity contribution >= 4 is 29.7 Å². The number of piperazine rings is 1. The Hall–Kier alpha value is -3.53. The molecule has 10 heteroatoms. The fraction of sp³-hybridized carbons (Fsp3) is 0.536. The molecule has 2 N–H and O–H groups in total. The van der Waals surface area contributed by atoms with Crippen LogP contribution in [0.3, 0.4) is 0 Å². The number of anilines is 2. The van der Waals surface area contributed by atoms with E-state index >= 15 is 0 Å². The largest absolute Gasteiger partial charge is 0.368 e. The van der Waals surface area contributed by atoms with Crippen LogP contribution in [-0.4, -0.2) is 77.1 Å². The van der Waals surface area contributed by atoms with Crippen molar-refractivity contribution in [2.24, 2.45) is 11.3 Å². The van der Waals surface area contributed by atoms with Gasteiger partial charge in [0.1, 0.15) is 0 Å². The molecule has 1 aromatic heterocycles. The molecule has 0 aliphatic carbocycles. The van der Waals surface area contributed by atoms with Crippen LogP contribution in [0.4, 0.5) is 11.6 Å². The lowest BCUT2D eigenvalue weighted by Gasteiger charge is -2.36. The second-order valence-electron chi connectivity index (χ2n) is 10.8. The molecule has 1 aliphatic heterocycles. The second kappa shape index (κ2) is 13.3. The maximum atomic E-state index is 13.6. The lowest BCUT2D eigenvalue weighted by molar-refractivity contribution is -0.154. The summed E-state index contributed by atoms with van der Waals surface area (Å²) in [5.74, 6) is -0.387. The summed E-state index contributed by atoms with van der Waals surface area (Å²) in [5.41, 5.74) is 1.01. The van der Waals surface area contributed by atoms with Crippen molar-refractivity contribution in [2.45, 2.75) is 53.0 Å². The van der Waals surface area contributed by atoms with E-state index in [0.717, 1.165) is 50.7 Å². The normalized spacial score (nSPS) is 15.5. The molecular formula is C28H40N6O4. The number of rotatable bonds is 12. The van der Waals surface area contributed by atoms with Crippen LogP contribution in [0.25, 0.3) is 0 Å². The van der Waals surface area contributed by atoms with Gasteiger partial charge in [-0.3, -0.25) is 19.6 Å². The second-order valence-corrected chi connectivity index (χ2v) is 10.8. The van der Waals surface area contributed by atoms with Gasteiger partial charge in [-0.2, -0.15) is 0 Å². The highest BCUT2D eigenvalue weighted by atomic mass is 16.5. The number of ketones is 1. The van der Waals surface area contributed by atoms with Crippen LogP contribution in [0.2, 0.25) is 0 Å². The first kappa shape index (κ1) is 29.0. The first-order chi connectivity index (χ1) is 18.1. The number of amides is 2. The van der Waals surface area contributed by atoms with Gasteiger partial charge in [0.25, 0.3) is 0 Å². The molecule has 0 bridgehead atoms. The van der Waals surface area contributed by atoms with E-state index in [4.69, 9.17) is 0 Å². The molecule has 1 aliphatic rings. The molecule has 1 saturated heterocycles. The number of hydrogen-bond donors (Lipinski definition) is 2. The van der Waals surface area contributed by atoms with E-state index in [9.17, 15) is 19.6 Å². The SMILES string of the molecule is CCCC[C@H](CN(O)C=O)C(=O)N[C@H](C(=O)c1ccc(N2CCN(c3ncccn3)CC2)cc1)C(C)(C)C. The van der Waals surface area contributed by atoms with Gasteiger partial charge in [-0.15, -0.1) is 0 Å². The van der Waals surface area contributed by atoms with Gasteiger partial charge in [0, 0.05) is 49.8 Å². The number of carbonyl (C=O) groups is 3. The molecule has 0 unspecified atom stereocenters. The standard InChI is InChI=1S/C28H40N6O4/c1-5-6-8-22(19-34(38)20-35)26(37)31-25(28(2,3)4)24(36)21-9-11-23(12-10-21)32-15-17-33(18-16-32)27-29-13-7-14-30-27/h7,9-14,20,22,25,38H,5-6,8,15-19H2,1-4H3,(H,31,37)/t22-,25-/m1/s1. The van der Waals surface area contributed by atoms with Gasteiger partial charge < -0.3 is 15.1 Å². The molecule has 2 heterocycles. The van der Waals surface area contributed by atoms with Gasteiger partial charge in [0.15, 0.2) is 5.78 Å². The van der Waals surface area contributed by atoms with E-state index in [0.29, 0.717) is 17.0 Å². The number of hydrogen-bond acceptors (Lipinski definition) is 8. The third kappa shape index (κ3) is 7.74. The molecule has 2 amide bonds. The number of unbranched alkanes of at least 4 members (excludes halogenated alkanes) is 1. The van der Waals surface area contributed by atoms with Crippen molar-refractivity contribution in [1.29, 1.82) is 0 Å². The van der Waals surface area contributed by atoms with Crippen LogP contribution in [0.1, 0.15) is 57.3 Å². The Morgan fingerprint density at radius 1 is 1.08 bits per heavy atom. The van der Waals surface area contributed by atoms with Crippen molar-refractivity contribution in [3.63, 3.8) is 0 Å². The predicted molar refractivity (Wildman–Crippen MR) is 146 cm³/mol. The average Bonchev–Trinajstić information content (AvgIpc) is 2.93. The topological polar surface area (TPSA) is 119 Å². The van der Waals surface area contributed by atoms with E-state index in [1.165, 1.54) is 0 Å². The summed E-state index contributed by atoms with van der Waals surface area (Å²) in [7, 11) is 0. The Balaban J connectivity index is 1.67. The van der Waals surface area contributed by atoms with Gasteiger partial charge in [0.2, 0.25) is 18.3 Å². The number of aromatic nitrogens is 2. The average molecular weight is 525 g/mol. The van der Waals surface area contributed by atoms with E-state index in [1.54, 1.807) is 18.5 Å². The summed E-state index contributed by atoms with van der Waals surface area (Å²) >= 11 is 0. The first-order valence-electron chi connectivity index (χ1n) is 13.3. The molecular weight excluding hydrogens is 484 g/mol. The van der Waals surface area contributed by atoms with Crippen molar-refractivity contribution in [3.05, 3.63) is 48.3 Å². The van der Waals surface area contributed by atoms with Crippen molar-refractivity contribution in [3.8, 4) is 0 Å².